The highest BCUT2D eigenvalue weighted by molar-refractivity contribution is 5.39. The molecule has 0 saturated heterocycles. The van der Waals surface area contributed by atoms with E-state index in [0.717, 1.165) is 5.56 Å². The molecule has 6 nitrogen and oxygen atoms in total. The van der Waals surface area contributed by atoms with Crippen LogP contribution in [0.15, 0.2) is 92.0 Å². The van der Waals surface area contributed by atoms with E-state index in [-0.39, 0.29) is 0 Å². The van der Waals surface area contributed by atoms with Crippen molar-refractivity contribution in [2.24, 2.45) is 0 Å². The molecule has 1 N–H and O–H groups in total. The van der Waals surface area contributed by atoms with Crippen LogP contribution < -0.4 is 0 Å². The highest BCUT2D eigenvalue weighted by atomic mass is 16.3. The summed E-state index contributed by atoms with van der Waals surface area (Å²) in [6.45, 7) is 0. The molecule has 4 rings (SSSR count). The summed E-state index contributed by atoms with van der Waals surface area (Å²) in [4.78, 5) is 12.5. The maximum absolute atomic E-state index is 12.1. The average molecular weight is 343 g/mol. The predicted octanol–water partition coefficient (Wildman–Crippen LogP) is 2.59. The van der Waals surface area contributed by atoms with Gasteiger partial charge in [-0.2, -0.15) is 5.10 Å². The number of pyridine rings is 3. The monoisotopic (exact) mass is 343 g/mol. The van der Waals surface area contributed by atoms with Gasteiger partial charge in [-0.25, -0.2) is 0 Å². The molecule has 0 radical (unpaired) electrons. The Morgan fingerprint density at radius 3 is 1.92 bits per heavy atom. The number of hydrogen-bond donors (Lipinski definition) is 1. The van der Waals surface area contributed by atoms with Crippen LogP contribution in [-0.4, -0.2) is 29.8 Å². The summed E-state index contributed by atoms with van der Waals surface area (Å²) in [7, 11) is 0. The molecule has 0 aromatic carbocycles. The minimum absolute atomic E-state index is 0.520. The van der Waals surface area contributed by atoms with Crippen LogP contribution in [0.3, 0.4) is 0 Å². The lowest BCUT2D eigenvalue weighted by atomic mass is 9.78. The van der Waals surface area contributed by atoms with Gasteiger partial charge >= 0.3 is 0 Å². The number of rotatable bonds is 5. The van der Waals surface area contributed by atoms with E-state index in [1.807, 2.05) is 48.7 Å². The molecule has 0 bridgehead atoms. The van der Waals surface area contributed by atoms with E-state index in [2.05, 4.69) is 20.1 Å². The molecule has 26 heavy (non-hydrogen) atoms. The lowest BCUT2D eigenvalue weighted by molar-refractivity contribution is 0.0330. The first kappa shape index (κ1) is 16.1. The van der Waals surface area contributed by atoms with Crippen molar-refractivity contribution in [1.82, 2.24) is 24.7 Å². The smallest absolute Gasteiger partial charge is 0.144 e. The fraction of sp³-hybridized carbons (Fsp3) is 0.100. The van der Waals surface area contributed by atoms with Crippen molar-refractivity contribution in [3.63, 3.8) is 0 Å². The Morgan fingerprint density at radius 1 is 0.769 bits per heavy atom. The topological polar surface area (TPSA) is 76.7 Å². The highest BCUT2D eigenvalue weighted by Crippen LogP contribution is 2.42. The van der Waals surface area contributed by atoms with Crippen molar-refractivity contribution in [2.45, 2.75) is 11.6 Å². The van der Waals surface area contributed by atoms with E-state index in [0.29, 0.717) is 11.1 Å². The highest BCUT2D eigenvalue weighted by Gasteiger charge is 2.43. The van der Waals surface area contributed by atoms with Gasteiger partial charge in [0.2, 0.25) is 0 Å². The fourth-order valence-electron chi connectivity index (χ4n) is 3.22. The average Bonchev–Trinajstić information content (AvgIpc) is 3.24. The van der Waals surface area contributed by atoms with Gasteiger partial charge in [-0.1, -0.05) is 12.1 Å². The Balaban J connectivity index is 2.00. The summed E-state index contributed by atoms with van der Waals surface area (Å²) >= 11 is 0. The van der Waals surface area contributed by atoms with Crippen molar-refractivity contribution in [3.8, 4) is 0 Å². The van der Waals surface area contributed by atoms with Crippen LogP contribution in [0.1, 0.15) is 22.7 Å². The molecule has 6 heteroatoms. The molecule has 128 valence electrons. The van der Waals surface area contributed by atoms with E-state index >= 15 is 0 Å². The third-order valence-corrected chi connectivity index (χ3v) is 4.41. The summed E-state index contributed by atoms with van der Waals surface area (Å²) in [5, 5.41) is 16.5. The molecule has 0 spiro atoms. The molecule has 1 unspecified atom stereocenters. The zero-order chi connectivity index (χ0) is 17.8. The zero-order valence-corrected chi connectivity index (χ0v) is 13.9. The van der Waals surface area contributed by atoms with Crippen molar-refractivity contribution >= 4 is 0 Å². The molecule has 0 amide bonds. The minimum atomic E-state index is -1.42. The molecule has 4 aromatic rings. The first-order chi connectivity index (χ1) is 12.8. The molecule has 0 aliphatic carbocycles. The summed E-state index contributed by atoms with van der Waals surface area (Å²) < 4.78 is 1.75. The molecule has 0 aliphatic rings. The summed E-state index contributed by atoms with van der Waals surface area (Å²) in [6, 6.07) is 12.4. The molecule has 0 saturated carbocycles. The van der Waals surface area contributed by atoms with Crippen LogP contribution >= 0.6 is 0 Å². The molecular weight excluding hydrogens is 326 g/mol. The maximum Gasteiger partial charge on any atom is 0.144 e. The molecule has 1 atom stereocenters. The van der Waals surface area contributed by atoms with Crippen LogP contribution in [0.5, 0.6) is 0 Å². The molecule has 0 aliphatic heterocycles. The molecule has 4 heterocycles. The number of hydrogen-bond acceptors (Lipinski definition) is 5. The SMILES string of the molecule is OC(c1cccnc1)(c1cccnc1)C(c1ccncc1)n1cccn1. The first-order valence-electron chi connectivity index (χ1n) is 8.22. The van der Waals surface area contributed by atoms with Gasteiger partial charge in [-0.05, 0) is 35.9 Å². The Bertz CT molecular complexity index is 904. The largest absolute Gasteiger partial charge is 0.378 e. The fourth-order valence-corrected chi connectivity index (χ4v) is 3.22. The molecule has 4 aromatic heterocycles. The normalized spacial score (nSPS) is 12.7. The van der Waals surface area contributed by atoms with Crippen molar-refractivity contribution < 1.29 is 5.11 Å². The standard InChI is InChI=1S/C20H17N5O/c26-20(17-4-1-8-22-14-17,18-5-2-9-23-15-18)19(25-13-3-10-24-25)16-6-11-21-12-7-16/h1-15,19,26H. The van der Waals surface area contributed by atoms with Crippen molar-refractivity contribution in [3.05, 3.63) is 109 Å². The second-order valence-corrected chi connectivity index (χ2v) is 5.92. The third-order valence-electron chi connectivity index (χ3n) is 4.41. The maximum atomic E-state index is 12.1. The van der Waals surface area contributed by atoms with E-state index in [4.69, 9.17) is 0 Å². The second-order valence-electron chi connectivity index (χ2n) is 5.92. The summed E-state index contributed by atoms with van der Waals surface area (Å²) in [6.07, 6.45) is 13.7. The molecule has 0 fully saturated rings. The van der Waals surface area contributed by atoms with Gasteiger partial charge in [0.25, 0.3) is 0 Å². The minimum Gasteiger partial charge on any atom is -0.378 e. The van der Waals surface area contributed by atoms with E-state index < -0.39 is 11.6 Å². The van der Waals surface area contributed by atoms with Crippen molar-refractivity contribution in [2.75, 3.05) is 0 Å². The van der Waals surface area contributed by atoms with Gasteiger partial charge in [0.15, 0.2) is 0 Å². The van der Waals surface area contributed by atoms with Gasteiger partial charge in [-0.3, -0.25) is 19.6 Å². The van der Waals surface area contributed by atoms with Gasteiger partial charge in [0.05, 0.1) is 0 Å². The number of aliphatic hydroxyl groups is 1. The zero-order valence-electron chi connectivity index (χ0n) is 13.9. The Hall–Kier alpha value is -3.38. The van der Waals surface area contributed by atoms with E-state index in [1.165, 1.54) is 0 Å². The van der Waals surface area contributed by atoms with Gasteiger partial charge in [-0.15, -0.1) is 0 Å². The lowest BCUT2D eigenvalue weighted by Gasteiger charge is -2.37. The summed E-state index contributed by atoms with van der Waals surface area (Å²) in [5.41, 5.74) is 0.769. The predicted molar refractivity (Wildman–Crippen MR) is 96.1 cm³/mol. The first-order valence-corrected chi connectivity index (χ1v) is 8.22. The van der Waals surface area contributed by atoms with Crippen LogP contribution in [0.4, 0.5) is 0 Å². The van der Waals surface area contributed by atoms with Gasteiger partial charge in [0.1, 0.15) is 11.6 Å². The second kappa shape index (κ2) is 6.85. The Kier molecular flexibility index (Phi) is 4.25. The van der Waals surface area contributed by atoms with E-state index in [9.17, 15) is 5.11 Å². The summed E-state index contributed by atoms with van der Waals surface area (Å²) in [5.74, 6) is 0. The lowest BCUT2D eigenvalue weighted by Crippen LogP contribution is -2.39. The van der Waals surface area contributed by atoms with Crippen LogP contribution in [0.2, 0.25) is 0 Å². The number of aromatic nitrogens is 5. The number of nitrogens with zero attached hydrogens (tertiary/aromatic N) is 5. The van der Waals surface area contributed by atoms with Crippen LogP contribution in [-0.2, 0) is 5.60 Å². The Morgan fingerprint density at radius 2 is 1.42 bits per heavy atom. The van der Waals surface area contributed by atoms with Crippen LogP contribution in [0.25, 0.3) is 0 Å². The van der Waals surface area contributed by atoms with Gasteiger partial charge < -0.3 is 5.11 Å². The third kappa shape index (κ3) is 2.76. The van der Waals surface area contributed by atoms with Crippen molar-refractivity contribution in [1.29, 1.82) is 0 Å². The quantitative estimate of drug-likeness (QED) is 0.603. The van der Waals surface area contributed by atoms with Gasteiger partial charge in [0, 0.05) is 60.7 Å². The Labute approximate surface area is 150 Å². The van der Waals surface area contributed by atoms with E-state index in [1.54, 1.807) is 48.1 Å². The molecular formula is C20H17N5O. The van der Waals surface area contributed by atoms with Crippen LogP contribution in [0, 0.1) is 0 Å².